The second-order valence-electron chi connectivity index (χ2n) is 7.48. The summed E-state index contributed by atoms with van der Waals surface area (Å²) in [4.78, 5) is 27.6. The van der Waals surface area contributed by atoms with Crippen molar-refractivity contribution >= 4 is 23.4 Å². The van der Waals surface area contributed by atoms with Crippen LogP contribution in [-0.2, 0) is 22.6 Å². The fourth-order valence-electron chi connectivity index (χ4n) is 3.63. The Morgan fingerprint density at radius 3 is 2.32 bits per heavy atom. The van der Waals surface area contributed by atoms with Crippen molar-refractivity contribution in [3.63, 3.8) is 0 Å². The highest BCUT2D eigenvalue weighted by Crippen LogP contribution is 2.19. The fraction of sp³-hybridized carbons (Fsp3) is 0.391. The molecule has 1 atom stereocenters. The molecular weight excluding hydrogens is 372 g/mol. The average molecular weight is 399 g/mol. The zero-order chi connectivity index (χ0) is 19.9. The third-order valence-electron chi connectivity index (χ3n) is 5.33. The molecular formula is C23H27ClN2O2. The molecule has 1 aliphatic carbocycles. The number of hydrogen-bond acceptors (Lipinski definition) is 2. The average Bonchev–Trinajstić information content (AvgIpc) is 3.21. The summed E-state index contributed by atoms with van der Waals surface area (Å²) in [6.07, 6.45) is 4.60. The zero-order valence-corrected chi connectivity index (χ0v) is 17.0. The number of benzene rings is 2. The summed E-state index contributed by atoms with van der Waals surface area (Å²) in [7, 11) is 0. The van der Waals surface area contributed by atoms with E-state index in [2.05, 4.69) is 5.32 Å². The molecule has 0 bridgehead atoms. The van der Waals surface area contributed by atoms with Crippen molar-refractivity contribution in [2.24, 2.45) is 0 Å². The van der Waals surface area contributed by atoms with E-state index in [-0.39, 0.29) is 24.3 Å². The minimum Gasteiger partial charge on any atom is -0.352 e. The minimum atomic E-state index is -0.527. The van der Waals surface area contributed by atoms with Crippen LogP contribution in [0.4, 0.5) is 0 Å². The number of amides is 2. The van der Waals surface area contributed by atoms with Crippen LogP contribution in [0.1, 0.15) is 43.7 Å². The number of hydrogen-bond donors (Lipinski definition) is 1. The van der Waals surface area contributed by atoms with Gasteiger partial charge in [0.15, 0.2) is 0 Å². The van der Waals surface area contributed by atoms with Gasteiger partial charge in [-0.05, 0) is 43.0 Å². The molecule has 0 heterocycles. The topological polar surface area (TPSA) is 49.4 Å². The SMILES string of the molecule is C[C@@H](C(=O)NC1CCCC1)N(Cc1ccccc1)C(=O)Cc1ccc(Cl)cc1. The molecule has 0 spiro atoms. The molecule has 5 heteroatoms. The standard InChI is InChI=1S/C23H27ClN2O2/c1-17(23(28)25-21-9-5-6-10-21)26(16-19-7-3-2-4-8-19)22(27)15-18-11-13-20(24)14-12-18/h2-4,7-8,11-14,17,21H,5-6,9-10,15-16H2,1H3,(H,25,28)/t17-/m0/s1. The third kappa shape index (κ3) is 5.59. The van der Waals surface area contributed by atoms with E-state index in [4.69, 9.17) is 11.6 Å². The van der Waals surface area contributed by atoms with E-state index in [1.807, 2.05) is 49.4 Å². The number of carbonyl (C=O) groups is 2. The largest absolute Gasteiger partial charge is 0.352 e. The molecule has 1 aliphatic rings. The Morgan fingerprint density at radius 2 is 1.68 bits per heavy atom. The number of halogens is 1. The van der Waals surface area contributed by atoms with Gasteiger partial charge in [-0.3, -0.25) is 9.59 Å². The highest BCUT2D eigenvalue weighted by molar-refractivity contribution is 6.30. The van der Waals surface area contributed by atoms with Crippen molar-refractivity contribution in [3.8, 4) is 0 Å². The first-order valence-electron chi connectivity index (χ1n) is 9.91. The van der Waals surface area contributed by atoms with Gasteiger partial charge >= 0.3 is 0 Å². The molecule has 2 aromatic rings. The molecule has 2 amide bonds. The van der Waals surface area contributed by atoms with E-state index in [1.165, 1.54) is 0 Å². The first kappa shape index (κ1) is 20.4. The van der Waals surface area contributed by atoms with Gasteiger partial charge in [-0.1, -0.05) is 66.9 Å². The van der Waals surface area contributed by atoms with E-state index in [0.717, 1.165) is 36.8 Å². The number of rotatable bonds is 7. The summed E-state index contributed by atoms with van der Waals surface area (Å²) in [5.41, 5.74) is 1.89. The predicted molar refractivity (Wildman–Crippen MR) is 112 cm³/mol. The molecule has 0 saturated heterocycles. The molecule has 0 unspecified atom stereocenters. The zero-order valence-electron chi connectivity index (χ0n) is 16.2. The summed E-state index contributed by atoms with van der Waals surface area (Å²) >= 11 is 5.94. The van der Waals surface area contributed by atoms with E-state index in [1.54, 1.807) is 17.0 Å². The maximum absolute atomic E-state index is 13.1. The second-order valence-corrected chi connectivity index (χ2v) is 7.91. The van der Waals surface area contributed by atoms with Crippen LogP contribution in [0.25, 0.3) is 0 Å². The van der Waals surface area contributed by atoms with Crippen LogP contribution >= 0.6 is 11.6 Å². The van der Waals surface area contributed by atoms with Crippen molar-refractivity contribution in [1.82, 2.24) is 10.2 Å². The van der Waals surface area contributed by atoms with Gasteiger partial charge in [-0.2, -0.15) is 0 Å². The van der Waals surface area contributed by atoms with Crippen LogP contribution < -0.4 is 5.32 Å². The second kappa shape index (κ2) is 9.74. The molecule has 1 N–H and O–H groups in total. The third-order valence-corrected chi connectivity index (χ3v) is 5.59. The Hall–Kier alpha value is -2.33. The summed E-state index contributed by atoms with van der Waals surface area (Å²) in [6, 6.07) is 16.8. The van der Waals surface area contributed by atoms with Crippen molar-refractivity contribution in [2.75, 3.05) is 0 Å². The molecule has 0 aliphatic heterocycles. The summed E-state index contributed by atoms with van der Waals surface area (Å²) in [5.74, 6) is -0.146. The van der Waals surface area contributed by atoms with Crippen LogP contribution in [0.3, 0.4) is 0 Å². The number of nitrogens with one attached hydrogen (secondary N) is 1. The van der Waals surface area contributed by atoms with Crippen molar-refractivity contribution < 1.29 is 9.59 Å². The minimum absolute atomic E-state index is 0.0692. The van der Waals surface area contributed by atoms with E-state index in [9.17, 15) is 9.59 Å². The van der Waals surface area contributed by atoms with Gasteiger partial charge in [0, 0.05) is 17.6 Å². The molecule has 3 rings (SSSR count). The van der Waals surface area contributed by atoms with Crippen molar-refractivity contribution in [2.45, 2.75) is 57.7 Å². The Balaban J connectivity index is 1.73. The molecule has 1 fully saturated rings. The Labute approximate surface area is 171 Å². The van der Waals surface area contributed by atoms with Crippen LogP contribution in [-0.4, -0.2) is 28.8 Å². The molecule has 0 aromatic heterocycles. The fourth-order valence-corrected chi connectivity index (χ4v) is 3.76. The normalized spacial score (nSPS) is 15.2. The highest BCUT2D eigenvalue weighted by atomic mass is 35.5. The maximum Gasteiger partial charge on any atom is 0.242 e. The van der Waals surface area contributed by atoms with E-state index >= 15 is 0 Å². The van der Waals surface area contributed by atoms with Gasteiger partial charge in [-0.25, -0.2) is 0 Å². The van der Waals surface area contributed by atoms with Gasteiger partial charge in [0.05, 0.1) is 6.42 Å². The lowest BCUT2D eigenvalue weighted by molar-refractivity contribution is -0.140. The van der Waals surface area contributed by atoms with E-state index in [0.29, 0.717) is 11.6 Å². The molecule has 1 saturated carbocycles. The molecule has 148 valence electrons. The van der Waals surface area contributed by atoms with Crippen LogP contribution in [0.5, 0.6) is 0 Å². The lowest BCUT2D eigenvalue weighted by atomic mass is 10.1. The Morgan fingerprint density at radius 1 is 1.04 bits per heavy atom. The molecule has 2 aromatic carbocycles. The van der Waals surface area contributed by atoms with Crippen LogP contribution in [0.15, 0.2) is 54.6 Å². The van der Waals surface area contributed by atoms with Crippen LogP contribution in [0, 0.1) is 0 Å². The first-order valence-corrected chi connectivity index (χ1v) is 10.3. The summed E-state index contributed by atoms with van der Waals surface area (Å²) in [5, 5.41) is 3.76. The van der Waals surface area contributed by atoms with Gasteiger partial charge in [0.25, 0.3) is 0 Å². The Kier molecular flexibility index (Phi) is 7.10. The summed E-state index contributed by atoms with van der Waals surface area (Å²) in [6.45, 7) is 2.22. The molecule has 0 radical (unpaired) electrons. The smallest absolute Gasteiger partial charge is 0.242 e. The monoisotopic (exact) mass is 398 g/mol. The van der Waals surface area contributed by atoms with Gasteiger partial charge in [0.2, 0.25) is 11.8 Å². The number of nitrogens with zero attached hydrogens (tertiary/aromatic N) is 1. The Bertz CT molecular complexity index is 786. The quantitative estimate of drug-likeness (QED) is 0.753. The maximum atomic E-state index is 13.1. The van der Waals surface area contributed by atoms with Gasteiger partial charge in [0.1, 0.15) is 6.04 Å². The van der Waals surface area contributed by atoms with Crippen molar-refractivity contribution in [3.05, 3.63) is 70.7 Å². The predicted octanol–water partition coefficient (Wildman–Crippen LogP) is 4.36. The lowest BCUT2D eigenvalue weighted by Gasteiger charge is -2.30. The first-order chi connectivity index (χ1) is 13.5. The lowest BCUT2D eigenvalue weighted by Crippen LogP contribution is -2.50. The number of carbonyl (C=O) groups excluding carboxylic acids is 2. The van der Waals surface area contributed by atoms with Crippen LogP contribution in [0.2, 0.25) is 5.02 Å². The molecule has 4 nitrogen and oxygen atoms in total. The molecule has 28 heavy (non-hydrogen) atoms. The van der Waals surface area contributed by atoms with E-state index < -0.39 is 6.04 Å². The highest BCUT2D eigenvalue weighted by Gasteiger charge is 2.28. The van der Waals surface area contributed by atoms with Crippen molar-refractivity contribution in [1.29, 1.82) is 0 Å². The van der Waals surface area contributed by atoms with Gasteiger partial charge < -0.3 is 10.2 Å². The van der Waals surface area contributed by atoms with Gasteiger partial charge in [-0.15, -0.1) is 0 Å². The summed E-state index contributed by atoms with van der Waals surface area (Å²) < 4.78 is 0.